The number of hydrogen-bond donors (Lipinski definition) is 1. The van der Waals surface area contributed by atoms with Crippen molar-refractivity contribution >= 4 is 0 Å². The van der Waals surface area contributed by atoms with Gasteiger partial charge in [0.2, 0.25) is 0 Å². The van der Waals surface area contributed by atoms with Crippen molar-refractivity contribution in [3.63, 3.8) is 0 Å². The maximum Gasteiger partial charge on any atom is 0.0372 e. The molecular formula is C15H23N3. The largest absolute Gasteiger partial charge is 0.310 e. The zero-order chi connectivity index (χ0) is 12.4. The molecule has 0 amide bonds. The van der Waals surface area contributed by atoms with Gasteiger partial charge in [0.15, 0.2) is 0 Å². The van der Waals surface area contributed by atoms with Gasteiger partial charge in [-0.05, 0) is 50.8 Å². The Morgan fingerprint density at radius 2 is 2.17 bits per heavy atom. The molecule has 1 N–H and O–H groups in total. The van der Waals surface area contributed by atoms with Gasteiger partial charge in [-0.25, -0.2) is 0 Å². The molecule has 3 heteroatoms. The molecule has 18 heavy (non-hydrogen) atoms. The van der Waals surface area contributed by atoms with Crippen molar-refractivity contribution in [2.24, 2.45) is 0 Å². The molecule has 2 heterocycles. The first-order valence-corrected chi connectivity index (χ1v) is 7.19. The average Bonchev–Trinajstić information content (AvgIpc) is 3.17. The Hall–Kier alpha value is -0.930. The number of nitrogens with one attached hydrogen (secondary N) is 1. The van der Waals surface area contributed by atoms with Crippen LogP contribution < -0.4 is 5.32 Å². The fourth-order valence-corrected chi connectivity index (χ4v) is 2.77. The second-order valence-corrected chi connectivity index (χ2v) is 5.82. The Balaban J connectivity index is 1.53. The summed E-state index contributed by atoms with van der Waals surface area (Å²) < 4.78 is 0. The molecular weight excluding hydrogens is 222 g/mol. The van der Waals surface area contributed by atoms with Crippen LogP contribution in [-0.2, 0) is 6.54 Å². The van der Waals surface area contributed by atoms with E-state index in [-0.39, 0.29) is 0 Å². The smallest absolute Gasteiger partial charge is 0.0372 e. The molecule has 2 fully saturated rings. The predicted octanol–water partition coefficient (Wildman–Crippen LogP) is 2.11. The van der Waals surface area contributed by atoms with Crippen LogP contribution in [0.25, 0.3) is 0 Å². The molecule has 0 spiro atoms. The molecule has 0 radical (unpaired) electrons. The lowest BCUT2D eigenvalue weighted by Crippen LogP contribution is -2.46. The van der Waals surface area contributed by atoms with E-state index in [2.05, 4.69) is 27.3 Å². The normalized spacial score (nSPS) is 25.3. The molecule has 0 aromatic carbocycles. The van der Waals surface area contributed by atoms with Crippen molar-refractivity contribution in [3.05, 3.63) is 29.6 Å². The first-order valence-electron chi connectivity index (χ1n) is 7.19. The quantitative estimate of drug-likeness (QED) is 0.880. The maximum atomic E-state index is 4.38. The first kappa shape index (κ1) is 12.1. The third-order valence-corrected chi connectivity index (χ3v) is 3.93. The van der Waals surface area contributed by atoms with Gasteiger partial charge in [-0.1, -0.05) is 6.07 Å². The standard InChI is InChI=1S/C15H23N3/c1-12-4-5-13(9-16-12)10-18-8-2-3-15(11-18)17-14-6-7-14/h4-5,9,14-15,17H,2-3,6-8,10-11H2,1H3. The number of aryl methyl sites for hydroxylation is 1. The van der Waals surface area contributed by atoms with Crippen molar-refractivity contribution in [2.45, 2.75) is 51.2 Å². The van der Waals surface area contributed by atoms with E-state index in [1.807, 2.05) is 13.1 Å². The lowest BCUT2D eigenvalue weighted by molar-refractivity contribution is 0.182. The monoisotopic (exact) mass is 245 g/mol. The van der Waals surface area contributed by atoms with Crippen molar-refractivity contribution in [3.8, 4) is 0 Å². The fraction of sp³-hybridized carbons (Fsp3) is 0.667. The van der Waals surface area contributed by atoms with E-state index < -0.39 is 0 Å². The van der Waals surface area contributed by atoms with Crippen molar-refractivity contribution < 1.29 is 0 Å². The van der Waals surface area contributed by atoms with Gasteiger partial charge in [0.25, 0.3) is 0 Å². The van der Waals surface area contributed by atoms with Crippen LogP contribution in [0.5, 0.6) is 0 Å². The minimum absolute atomic E-state index is 0.713. The molecule has 1 aliphatic carbocycles. The number of likely N-dealkylation sites (tertiary alicyclic amines) is 1. The Bertz CT molecular complexity index is 383. The Morgan fingerprint density at radius 1 is 1.28 bits per heavy atom. The number of nitrogens with zero attached hydrogens (tertiary/aromatic N) is 2. The highest BCUT2D eigenvalue weighted by Crippen LogP contribution is 2.22. The number of piperidine rings is 1. The molecule has 1 aromatic rings. The minimum atomic E-state index is 0.713. The van der Waals surface area contributed by atoms with E-state index in [1.165, 1.54) is 44.3 Å². The molecule has 1 unspecified atom stereocenters. The molecule has 2 aliphatic rings. The van der Waals surface area contributed by atoms with Crippen LogP contribution >= 0.6 is 0 Å². The fourth-order valence-electron chi connectivity index (χ4n) is 2.77. The first-order chi connectivity index (χ1) is 8.79. The highest BCUT2D eigenvalue weighted by atomic mass is 15.2. The second-order valence-electron chi connectivity index (χ2n) is 5.82. The summed E-state index contributed by atoms with van der Waals surface area (Å²) in [7, 11) is 0. The summed E-state index contributed by atoms with van der Waals surface area (Å²) in [5, 5.41) is 3.76. The van der Waals surface area contributed by atoms with E-state index in [0.717, 1.165) is 18.3 Å². The summed E-state index contributed by atoms with van der Waals surface area (Å²) in [6.07, 6.45) is 7.47. The maximum absolute atomic E-state index is 4.38. The third-order valence-electron chi connectivity index (χ3n) is 3.93. The minimum Gasteiger partial charge on any atom is -0.310 e. The van der Waals surface area contributed by atoms with Gasteiger partial charge in [-0.3, -0.25) is 9.88 Å². The van der Waals surface area contributed by atoms with Gasteiger partial charge in [0.05, 0.1) is 0 Å². The van der Waals surface area contributed by atoms with Crippen molar-refractivity contribution in [1.82, 2.24) is 15.2 Å². The molecule has 1 saturated heterocycles. The van der Waals surface area contributed by atoms with Crippen LogP contribution in [0.1, 0.15) is 36.9 Å². The average molecular weight is 245 g/mol. The molecule has 3 rings (SSSR count). The Labute approximate surface area is 110 Å². The summed E-state index contributed by atoms with van der Waals surface area (Å²) in [5.74, 6) is 0. The highest BCUT2D eigenvalue weighted by molar-refractivity contribution is 5.13. The molecule has 98 valence electrons. The summed E-state index contributed by atoms with van der Waals surface area (Å²) in [4.78, 5) is 6.95. The third kappa shape index (κ3) is 3.30. The SMILES string of the molecule is Cc1ccc(CN2CCCC(NC3CC3)C2)cn1. The predicted molar refractivity (Wildman–Crippen MR) is 73.4 cm³/mol. The topological polar surface area (TPSA) is 28.2 Å². The second kappa shape index (κ2) is 5.37. The highest BCUT2D eigenvalue weighted by Gasteiger charge is 2.27. The summed E-state index contributed by atoms with van der Waals surface area (Å²) in [5.41, 5.74) is 2.44. The number of rotatable bonds is 4. The summed E-state index contributed by atoms with van der Waals surface area (Å²) in [6, 6.07) is 5.86. The summed E-state index contributed by atoms with van der Waals surface area (Å²) >= 11 is 0. The van der Waals surface area contributed by atoms with E-state index >= 15 is 0 Å². The van der Waals surface area contributed by atoms with Crippen LogP contribution in [-0.4, -0.2) is 35.1 Å². The lowest BCUT2D eigenvalue weighted by Gasteiger charge is -2.33. The molecule has 1 aromatic heterocycles. The van der Waals surface area contributed by atoms with Gasteiger partial charge in [-0.2, -0.15) is 0 Å². The molecule has 1 aliphatic heterocycles. The van der Waals surface area contributed by atoms with Crippen molar-refractivity contribution in [1.29, 1.82) is 0 Å². The zero-order valence-corrected chi connectivity index (χ0v) is 11.2. The van der Waals surface area contributed by atoms with Gasteiger partial charge >= 0.3 is 0 Å². The van der Waals surface area contributed by atoms with E-state index in [9.17, 15) is 0 Å². The van der Waals surface area contributed by atoms with Crippen LogP contribution in [0.3, 0.4) is 0 Å². The Kier molecular flexibility index (Phi) is 3.62. The number of hydrogen-bond acceptors (Lipinski definition) is 3. The van der Waals surface area contributed by atoms with Crippen LogP contribution in [0.2, 0.25) is 0 Å². The van der Waals surface area contributed by atoms with Crippen molar-refractivity contribution in [2.75, 3.05) is 13.1 Å². The van der Waals surface area contributed by atoms with E-state index in [1.54, 1.807) is 0 Å². The zero-order valence-electron chi connectivity index (χ0n) is 11.2. The van der Waals surface area contributed by atoms with Gasteiger partial charge in [0.1, 0.15) is 0 Å². The van der Waals surface area contributed by atoms with Gasteiger partial charge in [-0.15, -0.1) is 0 Å². The number of pyridine rings is 1. The lowest BCUT2D eigenvalue weighted by atomic mass is 10.0. The van der Waals surface area contributed by atoms with Crippen LogP contribution in [0, 0.1) is 6.92 Å². The molecule has 1 atom stereocenters. The van der Waals surface area contributed by atoms with Gasteiger partial charge < -0.3 is 5.32 Å². The Morgan fingerprint density at radius 3 is 2.89 bits per heavy atom. The number of aromatic nitrogens is 1. The molecule has 0 bridgehead atoms. The summed E-state index contributed by atoms with van der Waals surface area (Å²) in [6.45, 7) is 5.53. The molecule has 3 nitrogen and oxygen atoms in total. The van der Waals surface area contributed by atoms with Crippen LogP contribution in [0.15, 0.2) is 18.3 Å². The molecule has 1 saturated carbocycles. The van der Waals surface area contributed by atoms with Crippen LogP contribution in [0.4, 0.5) is 0 Å². The van der Waals surface area contributed by atoms with E-state index in [4.69, 9.17) is 0 Å². The van der Waals surface area contributed by atoms with E-state index in [0.29, 0.717) is 6.04 Å². The van der Waals surface area contributed by atoms with Gasteiger partial charge in [0, 0.05) is 37.1 Å².